The Morgan fingerprint density at radius 3 is 1.80 bits per heavy atom. The third kappa shape index (κ3) is 3.96. The number of ether oxygens (including phenoxy) is 1. The lowest BCUT2D eigenvalue weighted by molar-refractivity contribution is 0.487. The van der Waals surface area contributed by atoms with E-state index < -0.39 is 0 Å². The van der Waals surface area contributed by atoms with Crippen molar-refractivity contribution in [2.24, 2.45) is 0 Å². The van der Waals surface area contributed by atoms with Crippen LogP contribution in [0.15, 0.2) is 162 Å². The summed E-state index contributed by atoms with van der Waals surface area (Å²) in [5, 5.41) is 4.78. The summed E-state index contributed by atoms with van der Waals surface area (Å²) in [7, 11) is 0. The van der Waals surface area contributed by atoms with Gasteiger partial charge < -0.3 is 9.15 Å². The fraction of sp³-hybridized carbons (Fsp3) is 0. The van der Waals surface area contributed by atoms with Gasteiger partial charge in [0.1, 0.15) is 23.0 Å². The van der Waals surface area contributed by atoms with Crippen LogP contribution in [0.5, 0.6) is 11.5 Å². The molecule has 2 nitrogen and oxygen atoms in total. The van der Waals surface area contributed by atoms with Crippen LogP contribution in [0.3, 0.4) is 0 Å². The maximum Gasteiger partial charge on any atom is 0.135 e. The number of hydrogen-bond acceptors (Lipinski definition) is 2. The molecule has 8 aromatic rings. The molecule has 2 heterocycles. The van der Waals surface area contributed by atoms with E-state index in [1.807, 2.05) is 12.1 Å². The molecule has 0 N–H and O–H groups in total. The highest BCUT2D eigenvalue weighted by Gasteiger charge is 2.22. The first-order valence-corrected chi connectivity index (χ1v) is 14.9. The summed E-state index contributed by atoms with van der Waals surface area (Å²) in [5.74, 6) is 3.46. The Kier molecular flexibility index (Phi) is 5.54. The summed E-state index contributed by atoms with van der Waals surface area (Å²) in [6.45, 7) is 0. The van der Waals surface area contributed by atoms with Crippen LogP contribution in [0.2, 0.25) is 0 Å². The Labute approximate surface area is 255 Å². The van der Waals surface area contributed by atoms with E-state index in [2.05, 4.69) is 146 Å². The Bertz CT molecular complexity index is 2340. The maximum absolute atomic E-state index is 6.47. The molecule has 0 fully saturated rings. The molecule has 0 atom stereocenters. The number of fused-ring (bicyclic) bond motifs is 3. The zero-order chi connectivity index (χ0) is 29.0. The smallest absolute Gasteiger partial charge is 0.135 e. The van der Waals surface area contributed by atoms with Gasteiger partial charge in [0, 0.05) is 22.1 Å². The Hall–Kier alpha value is -5.86. The van der Waals surface area contributed by atoms with Crippen LogP contribution in [0.1, 0.15) is 0 Å². The van der Waals surface area contributed by atoms with Crippen molar-refractivity contribution in [3.8, 4) is 67.5 Å². The van der Waals surface area contributed by atoms with Gasteiger partial charge in [-0.1, -0.05) is 127 Å². The lowest BCUT2D eigenvalue weighted by atomic mass is 9.92. The molecule has 7 aromatic carbocycles. The van der Waals surface area contributed by atoms with Crippen LogP contribution >= 0.6 is 0 Å². The van der Waals surface area contributed by atoms with Gasteiger partial charge in [-0.05, 0) is 74.3 Å². The first-order valence-electron chi connectivity index (χ1n) is 14.9. The van der Waals surface area contributed by atoms with Gasteiger partial charge in [0.25, 0.3) is 0 Å². The first kappa shape index (κ1) is 24.7. The number of rotatable bonds is 4. The molecule has 44 heavy (non-hydrogen) atoms. The fourth-order valence-corrected chi connectivity index (χ4v) is 6.58. The normalized spacial score (nSPS) is 11.8. The molecule has 0 spiro atoms. The maximum atomic E-state index is 6.47. The molecule has 0 aliphatic carbocycles. The summed E-state index contributed by atoms with van der Waals surface area (Å²) in [5.41, 5.74) is 9.25. The van der Waals surface area contributed by atoms with Crippen LogP contribution in [0.4, 0.5) is 0 Å². The molecule has 0 radical (unpaired) electrons. The van der Waals surface area contributed by atoms with Gasteiger partial charge in [-0.15, -0.1) is 0 Å². The van der Waals surface area contributed by atoms with Gasteiger partial charge in [-0.2, -0.15) is 0 Å². The van der Waals surface area contributed by atoms with Crippen molar-refractivity contribution >= 4 is 21.5 Å². The molecule has 2 heteroatoms. The quantitative estimate of drug-likeness (QED) is 0.213. The third-order valence-corrected chi connectivity index (χ3v) is 8.76. The van der Waals surface area contributed by atoms with Crippen molar-refractivity contribution in [1.29, 1.82) is 0 Å². The Morgan fingerprint density at radius 2 is 0.932 bits per heavy atom. The highest BCUT2D eigenvalue weighted by atomic mass is 16.5. The average Bonchev–Trinajstić information content (AvgIpc) is 3.59. The second-order valence-electron chi connectivity index (χ2n) is 11.3. The fourth-order valence-electron chi connectivity index (χ4n) is 6.58. The van der Waals surface area contributed by atoms with Gasteiger partial charge in [0.2, 0.25) is 0 Å². The van der Waals surface area contributed by atoms with Gasteiger partial charge in [-0.25, -0.2) is 0 Å². The predicted octanol–water partition coefficient (Wildman–Crippen LogP) is 12.0. The molecule has 0 bridgehead atoms. The van der Waals surface area contributed by atoms with Crippen molar-refractivity contribution in [2.45, 2.75) is 0 Å². The van der Waals surface area contributed by atoms with Gasteiger partial charge in [0.05, 0.1) is 0 Å². The largest absolute Gasteiger partial charge is 0.456 e. The van der Waals surface area contributed by atoms with E-state index >= 15 is 0 Å². The van der Waals surface area contributed by atoms with E-state index in [4.69, 9.17) is 9.15 Å². The van der Waals surface area contributed by atoms with Crippen LogP contribution < -0.4 is 4.74 Å². The minimum Gasteiger partial charge on any atom is -0.456 e. The van der Waals surface area contributed by atoms with Crippen molar-refractivity contribution in [3.63, 3.8) is 0 Å². The van der Waals surface area contributed by atoms with Crippen molar-refractivity contribution in [1.82, 2.24) is 0 Å². The highest BCUT2D eigenvalue weighted by molar-refractivity contribution is 6.09. The van der Waals surface area contributed by atoms with Crippen molar-refractivity contribution in [3.05, 3.63) is 158 Å². The highest BCUT2D eigenvalue weighted by Crippen LogP contribution is 2.48. The minimum absolute atomic E-state index is 0.843. The van der Waals surface area contributed by atoms with Crippen molar-refractivity contribution < 1.29 is 9.15 Å². The first-order chi connectivity index (χ1) is 21.8. The summed E-state index contributed by atoms with van der Waals surface area (Å²) in [4.78, 5) is 0. The minimum atomic E-state index is 0.843. The molecule has 0 amide bonds. The number of hydrogen-bond donors (Lipinski definition) is 0. The third-order valence-electron chi connectivity index (χ3n) is 8.76. The van der Waals surface area contributed by atoms with E-state index in [0.29, 0.717) is 0 Å². The van der Waals surface area contributed by atoms with Gasteiger partial charge in [-0.3, -0.25) is 0 Å². The molecule has 0 saturated heterocycles. The van der Waals surface area contributed by atoms with Gasteiger partial charge >= 0.3 is 0 Å². The number of para-hydroxylation sites is 1. The summed E-state index contributed by atoms with van der Waals surface area (Å²) < 4.78 is 12.7. The van der Waals surface area contributed by atoms with E-state index in [9.17, 15) is 0 Å². The standard InChI is InChI=1S/C42H26O2/c1-2-9-32-29(7-1)8-5-11-33(32)30-19-15-27(16-20-30)28-17-21-31(22-18-28)38-25-26-40(43-38)35-23-24-41-42-36(12-6-13-37(35)42)34-10-3-4-14-39(34)44-41/h1-26H. The lowest BCUT2D eigenvalue weighted by Gasteiger charge is -2.22. The van der Waals surface area contributed by atoms with E-state index in [1.54, 1.807) is 0 Å². The molecule has 1 aromatic heterocycles. The molecule has 1 aliphatic rings. The molecular weight excluding hydrogens is 536 g/mol. The van der Waals surface area contributed by atoms with Gasteiger partial charge in [0.15, 0.2) is 0 Å². The number of benzene rings is 7. The zero-order valence-corrected chi connectivity index (χ0v) is 23.8. The summed E-state index contributed by atoms with van der Waals surface area (Å²) >= 11 is 0. The topological polar surface area (TPSA) is 22.4 Å². The lowest BCUT2D eigenvalue weighted by Crippen LogP contribution is -1.97. The summed E-state index contributed by atoms with van der Waals surface area (Å²) in [6.07, 6.45) is 0. The van der Waals surface area contributed by atoms with E-state index in [0.717, 1.165) is 50.5 Å². The summed E-state index contributed by atoms with van der Waals surface area (Å²) in [6, 6.07) is 55.4. The second-order valence-corrected chi connectivity index (χ2v) is 11.3. The SMILES string of the molecule is c1ccc2c(c1)Oc1ccc(-c3ccc(-c4ccc(-c5ccc(-c6cccc7ccccc67)cc5)cc4)o3)c3cccc-2c13. The number of furan rings is 1. The molecule has 0 unspecified atom stereocenters. The Morgan fingerprint density at radius 1 is 0.318 bits per heavy atom. The predicted molar refractivity (Wildman–Crippen MR) is 181 cm³/mol. The monoisotopic (exact) mass is 562 g/mol. The molecule has 0 saturated carbocycles. The molecule has 9 rings (SSSR count). The van der Waals surface area contributed by atoms with Crippen LogP contribution in [0, 0.1) is 0 Å². The van der Waals surface area contributed by atoms with Crippen LogP contribution in [0.25, 0.3) is 77.6 Å². The van der Waals surface area contributed by atoms with Crippen LogP contribution in [-0.4, -0.2) is 0 Å². The molecule has 1 aliphatic heterocycles. The van der Waals surface area contributed by atoms with E-state index in [-0.39, 0.29) is 0 Å². The zero-order valence-electron chi connectivity index (χ0n) is 23.8. The molecule has 206 valence electrons. The van der Waals surface area contributed by atoms with E-state index in [1.165, 1.54) is 38.6 Å². The van der Waals surface area contributed by atoms with Crippen molar-refractivity contribution in [2.75, 3.05) is 0 Å². The second kappa shape index (κ2) is 9.86. The van der Waals surface area contributed by atoms with Crippen LogP contribution in [-0.2, 0) is 0 Å². The molecular formula is C42H26O2. The average molecular weight is 563 g/mol. The Balaban J connectivity index is 1.01.